The summed E-state index contributed by atoms with van der Waals surface area (Å²) in [4.78, 5) is 13.5. The van der Waals surface area contributed by atoms with E-state index in [-0.39, 0.29) is 11.3 Å². The monoisotopic (exact) mass is 292 g/mol. The molecule has 0 saturated carbocycles. The lowest BCUT2D eigenvalue weighted by Crippen LogP contribution is -2.41. The van der Waals surface area contributed by atoms with Crippen LogP contribution in [0.25, 0.3) is 0 Å². The average Bonchev–Trinajstić information content (AvgIpc) is 2.96. The molecule has 2 heterocycles. The number of thioether (sulfide) groups is 1. The minimum atomic E-state index is -3.03. The molecular formula is C11H20N2O3S2. The van der Waals surface area contributed by atoms with E-state index >= 15 is 0 Å². The Hall–Kier alpha value is -0.430. The van der Waals surface area contributed by atoms with E-state index in [0.717, 1.165) is 6.42 Å². The second-order valence-corrected chi connectivity index (χ2v) is 8.74. The first-order valence-corrected chi connectivity index (χ1v) is 9.30. The Morgan fingerprint density at radius 2 is 2.22 bits per heavy atom. The molecule has 0 unspecified atom stereocenters. The zero-order valence-corrected chi connectivity index (χ0v) is 12.2. The molecule has 2 rings (SSSR count). The zero-order chi connectivity index (χ0) is 13.2. The molecule has 2 aliphatic rings. The summed E-state index contributed by atoms with van der Waals surface area (Å²) in [5, 5.41) is 3.05. The maximum atomic E-state index is 11.9. The van der Waals surface area contributed by atoms with Gasteiger partial charge in [0.2, 0.25) is 0 Å². The number of rotatable bonds is 3. The Morgan fingerprint density at radius 3 is 2.78 bits per heavy atom. The number of hydrogen-bond donors (Lipinski definition) is 1. The molecule has 7 heteroatoms. The van der Waals surface area contributed by atoms with Gasteiger partial charge in [0.05, 0.1) is 5.25 Å². The lowest BCUT2D eigenvalue weighted by Gasteiger charge is -2.18. The zero-order valence-electron chi connectivity index (χ0n) is 10.6. The van der Waals surface area contributed by atoms with Crippen molar-refractivity contribution in [2.75, 3.05) is 31.6 Å². The first-order valence-electron chi connectivity index (χ1n) is 6.30. The second kappa shape index (κ2) is 5.69. The van der Waals surface area contributed by atoms with Crippen LogP contribution in [-0.2, 0) is 9.84 Å². The number of likely N-dealkylation sites (tertiary alicyclic amines) is 1. The maximum absolute atomic E-state index is 11.9. The summed E-state index contributed by atoms with van der Waals surface area (Å²) in [6.45, 7) is 1.58. The topological polar surface area (TPSA) is 66.5 Å². The summed E-state index contributed by atoms with van der Waals surface area (Å²) in [5.41, 5.74) is 0. The molecule has 104 valence electrons. The Balaban J connectivity index is 1.76. The summed E-state index contributed by atoms with van der Waals surface area (Å²) < 4.78 is 22.8. The van der Waals surface area contributed by atoms with Crippen LogP contribution < -0.4 is 5.32 Å². The molecule has 0 aliphatic carbocycles. The number of hydrogen-bond acceptors (Lipinski definition) is 4. The highest BCUT2D eigenvalue weighted by Crippen LogP contribution is 2.25. The van der Waals surface area contributed by atoms with Gasteiger partial charge in [-0.3, -0.25) is 0 Å². The molecule has 5 nitrogen and oxygen atoms in total. The van der Waals surface area contributed by atoms with Crippen LogP contribution >= 0.6 is 11.8 Å². The van der Waals surface area contributed by atoms with Crippen LogP contribution in [0.1, 0.15) is 19.3 Å². The van der Waals surface area contributed by atoms with E-state index in [2.05, 4.69) is 5.32 Å². The second-order valence-electron chi connectivity index (χ2n) is 5.01. The first kappa shape index (κ1) is 14.0. The van der Waals surface area contributed by atoms with E-state index in [1.54, 1.807) is 4.90 Å². The minimum absolute atomic E-state index is 0.117. The van der Waals surface area contributed by atoms with Gasteiger partial charge in [-0.05, 0) is 25.0 Å². The van der Waals surface area contributed by atoms with Crippen molar-refractivity contribution >= 4 is 27.6 Å². The average molecular weight is 292 g/mol. The van der Waals surface area contributed by atoms with Gasteiger partial charge in [-0.2, -0.15) is 11.8 Å². The molecule has 18 heavy (non-hydrogen) atoms. The summed E-state index contributed by atoms with van der Waals surface area (Å²) in [7, 11) is -3.03. The molecule has 2 amide bonds. The highest BCUT2D eigenvalue weighted by atomic mass is 32.2. The van der Waals surface area contributed by atoms with Gasteiger partial charge in [-0.25, -0.2) is 13.2 Å². The lowest BCUT2D eigenvalue weighted by atomic mass is 10.2. The van der Waals surface area contributed by atoms with Crippen molar-refractivity contribution in [2.24, 2.45) is 0 Å². The SMILES string of the molecule is CS(=O)(=O)[C@H]1CCN(C(=O)NC[C@@H]2CCCS2)C1. The van der Waals surface area contributed by atoms with E-state index < -0.39 is 9.84 Å². The molecule has 2 atom stereocenters. The van der Waals surface area contributed by atoms with Crippen molar-refractivity contribution in [1.29, 1.82) is 0 Å². The largest absolute Gasteiger partial charge is 0.337 e. The van der Waals surface area contributed by atoms with Crippen LogP contribution in [-0.4, -0.2) is 61.5 Å². The predicted molar refractivity (Wildman–Crippen MR) is 73.7 cm³/mol. The van der Waals surface area contributed by atoms with Gasteiger partial charge in [0, 0.05) is 31.1 Å². The number of carbonyl (C=O) groups is 1. The third-order valence-electron chi connectivity index (χ3n) is 3.54. The van der Waals surface area contributed by atoms with Crippen molar-refractivity contribution in [3.05, 3.63) is 0 Å². The first-order chi connectivity index (χ1) is 8.47. The Bertz CT molecular complexity index is 405. The van der Waals surface area contributed by atoms with Crippen LogP contribution in [0.3, 0.4) is 0 Å². The van der Waals surface area contributed by atoms with Crippen LogP contribution in [0.15, 0.2) is 0 Å². The fraction of sp³-hybridized carbons (Fsp3) is 0.909. The number of carbonyl (C=O) groups excluding carboxylic acids is 1. The predicted octanol–water partition coefficient (Wildman–Crippen LogP) is 0.711. The Labute approximate surface area is 113 Å². The molecule has 0 radical (unpaired) electrons. The highest BCUT2D eigenvalue weighted by Gasteiger charge is 2.32. The Morgan fingerprint density at radius 1 is 1.44 bits per heavy atom. The fourth-order valence-corrected chi connectivity index (χ4v) is 4.57. The number of nitrogens with one attached hydrogen (secondary N) is 1. The van der Waals surface area contributed by atoms with Crippen molar-refractivity contribution in [3.63, 3.8) is 0 Å². The molecule has 0 spiro atoms. The molecule has 0 aromatic rings. The number of nitrogens with zero attached hydrogens (tertiary/aromatic N) is 1. The summed E-state index contributed by atoms with van der Waals surface area (Å²) >= 11 is 1.90. The van der Waals surface area contributed by atoms with Crippen LogP contribution in [0.2, 0.25) is 0 Å². The molecular weight excluding hydrogens is 272 g/mol. The van der Waals surface area contributed by atoms with Crippen molar-refractivity contribution < 1.29 is 13.2 Å². The molecule has 0 aromatic heterocycles. The summed E-state index contributed by atoms with van der Waals surface area (Å²) in [6.07, 6.45) is 4.20. The van der Waals surface area contributed by atoms with E-state index in [9.17, 15) is 13.2 Å². The quantitative estimate of drug-likeness (QED) is 0.832. The smallest absolute Gasteiger partial charge is 0.317 e. The summed E-state index contributed by atoms with van der Waals surface area (Å²) in [6, 6.07) is -0.117. The molecule has 0 bridgehead atoms. The third-order valence-corrected chi connectivity index (χ3v) is 6.54. The highest BCUT2D eigenvalue weighted by molar-refractivity contribution is 8.00. The molecule has 1 N–H and O–H groups in total. The normalized spacial score (nSPS) is 28.6. The van der Waals surface area contributed by atoms with Gasteiger partial charge in [-0.15, -0.1) is 0 Å². The van der Waals surface area contributed by atoms with Crippen molar-refractivity contribution in [2.45, 2.75) is 29.8 Å². The number of urea groups is 1. The van der Waals surface area contributed by atoms with E-state index in [1.807, 2.05) is 11.8 Å². The molecule has 2 fully saturated rings. The van der Waals surface area contributed by atoms with E-state index in [0.29, 0.717) is 31.3 Å². The van der Waals surface area contributed by atoms with Gasteiger partial charge >= 0.3 is 6.03 Å². The van der Waals surface area contributed by atoms with E-state index in [4.69, 9.17) is 0 Å². The third kappa shape index (κ3) is 3.54. The maximum Gasteiger partial charge on any atom is 0.317 e. The Kier molecular flexibility index (Phi) is 4.42. The number of amides is 2. The standard InChI is InChI=1S/C11H20N2O3S2/c1-18(15,16)10-4-5-13(8-10)11(14)12-7-9-3-2-6-17-9/h9-10H,2-8H2,1H3,(H,12,14)/t9-,10-/m0/s1. The van der Waals surface area contributed by atoms with Crippen LogP contribution in [0, 0.1) is 0 Å². The van der Waals surface area contributed by atoms with E-state index in [1.165, 1.54) is 18.4 Å². The minimum Gasteiger partial charge on any atom is -0.337 e. The fourth-order valence-electron chi connectivity index (χ4n) is 2.38. The molecule has 2 saturated heterocycles. The van der Waals surface area contributed by atoms with Crippen molar-refractivity contribution in [3.8, 4) is 0 Å². The molecule has 2 aliphatic heterocycles. The van der Waals surface area contributed by atoms with Gasteiger partial charge in [0.25, 0.3) is 0 Å². The lowest BCUT2D eigenvalue weighted by molar-refractivity contribution is 0.209. The van der Waals surface area contributed by atoms with Crippen molar-refractivity contribution in [1.82, 2.24) is 10.2 Å². The summed E-state index contributed by atoms with van der Waals surface area (Å²) in [5.74, 6) is 1.18. The van der Waals surface area contributed by atoms with Crippen LogP contribution in [0.5, 0.6) is 0 Å². The van der Waals surface area contributed by atoms with Gasteiger partial charge < -0.3 is 10.2 Å². The number of sulfone groups is 1. The van der Waals surface area contributed by atoms with Gasteiger partial charge in [0.15, 0.2) is 9.84 Å². The van der Waals surface area contributed by atoms with Gasteiger partial charge in [0.1, 0.15) is 0 Å². The van der Waals surface area contributed by atoms with Crippen LogP contribution in [0.4, 0.5) is 4.79 Å². The van der Waals surface area contributed by atoms with Gasteiger partial charge in [-0.1, -0.05) is 0 Å². The molecule has 0 aromatic carbocycles.